The largest absolute Gasteiger partial charge is 0.248 e. The van der Waals surface area contributed by atoms with E-state index in [1.807, 2.05) is 13.0 Å². The number of hydrogen-bond acceptors (Lipinski definition) is 1. The van der Waals surface area contributed by atoms with Crippen LogP contribution in [0.5, 0.6) is 0 Å². The zero-order valence-electron chi connectivity index (χ0n) is 8.07. The van der Waals surface area contributed by atoms with Gasteiger partial charge in [0.2, 0.25) is 5.92 Å². The Bertz CT molecular complexity index is 369. The average Bonchev–Trinajstić information content (AvgIpc) is 2.40. The van der Waals surface area contributed by atoms with Crippen molar-refractivity contribution in [2.24, 2.45) is 5.92 Å². The third-order valence-electron chi connectivity index (χ3n) is 2.76. The lowest BCUT2D eigenvalue weighted by Crippen LogP contribution is -2.37. The molecular formula is C10H10BrClF2S. The number of alkyl halides is 3. The van der Waals surface area contributed by atoms with Gasteiger partial charge >= 0.3 is 0 Å². The van der Waals surface area contributed by atoms with Crippen molar-refractivity contribution in [1.82, 2.24) is 0 Å². The van der Waals surface area contributed by atoms with Crippen LogP contribution in [0.4, 0.5) is 8.78 Å². The van der Waals surface area contributed by atoms with Crippen LogP contribution in [0.25, 0.3) is 0 Å². The number of rotatable bonds is 2. The van der Waals surface area contributed by atoms with E-state index in [4.69, 9.17) is 11.6 Å². The minimum Gasteiger partial charge on any atom is -0.207 e. The summed E-state index contributed by atoms with van der Waals surface area (Å²) in [6.07, 6.45) is -0.151. The van der Waals surface area contributed by atoms with E-state index in [2.05, 4.69) is 15.9 Å². The second-order valence-electron chi connectivity index (χ2n) is 3.99. The molecule has 5 heteroatoms. The Morgan fingerprint density at radius 2 is 2.20 bits per heavy atom. The Labute approximate surface area is 105 Å². The predicted octanol–water partition coefficient (Wildman–Crippen LogP) is 5.14. The molecule has 2 rings (SSSR count). The maximum atomic E-state index is 12.7. The molecule has 0 aliphatic heterocycles. The van der Waals surface area contributed by atoms with Gasteiger partial charge in [-0.1, -0.05) is 0 Å². The highest BCUT2D eigenvalue weighted by Crippen LogP contribution is 2.52. The highest BCUT2D eigenvalue weighted by atomic mass is 79.9. The van der Waals surface area contributed by atoms with Gasteiger partial charge in [-0.3, -0.25) is 0 Å². The standard InChI is InChI=1S/C10H10BrClF2S/c1-5-7(2-8(11)15-5)9(12)6-3-10(13,14)4-6/h2,6,9H,3-4H2,1H3. The molecule has 0 radical (unpaired) electrons. The van der Waals surface area contributed by atoms with Crippen molar-refractivity contribution >= 4 is 38.9 Å². The molecule has 1 saturated carbocycles. The number of thiophene rings is 1. The van der Waals surface area contributed by atoms with E-state index < -0.39 is 5.92 Å². The van der Waals surface area contributed by atoms with Crippen molar-refractivity contribution < 1.29 is 8.78 Å². The van der Waals surface area contributed by atoms with Crippen LogP contribution in [-0.2, 0) is 0 Å². The minimum atomic E-state index is -2.49. The zero-order valence-corrected chi connectivity index (χ0v) is 11.2. The summed E-state index contributed by atoms with van der Waals surface area (Å²) < 4.78 is 26.4. The molecular weight excluding hydrogens is 306 g/mol. The molecule has 1 aliphatic rings. The molecule has 0 spiro atoms. The molecule has 0 aromatic carbocycles. The molecule has 84 valence electrons. The van der Waals surface area contributed by atoms with Gasteiger partial charge in [-0.2, -0.15) is 0 Å². The van der Waals surface area contributed by atoms with Crippen molar-refractivity contribution in [2.75, 3.05) is 0 Å². The molecule has 0 amide bonds. The molecule has 0 N–H and O–H groups in total. The molecule has 0 saturated heterocycles. The van der Waals surface area contributed by atoms with Crippen LogP contribution >= 0.6 is 38.9 Å². The van der Waals surface area contributed by atoms with Gasteiger partial charge in [0.05, 0.1) is 9.16 Å². The van der Waals surface area contributed by atoms with Crippen LogP contribution in [0.3, 0.4) is 0 Å². The summed E-state index contributed by atoms with van der Waals surface area (Å²) in [5.41, 5.74) is 0.994. The molecule has 1 aliphatic carbocycles. The first kappa shape index (κ1) is 11.8. The summed E-state index contributed by atoms with van der Waals surface area (Å²) in [6.45, 7) is 1.97. The van der Waals surface area contributed by atoms with Gasteiger partial charge in [-0.15, -0.1) is 22.9 Å². The molecule has 1 heterocycles. The lowest BCUT2D eigenvalue weighted by Gasteiger charge is -2.37. The quantitative estimate of drug-likeness (QED) is 0.663. The van der Waals surface area contributed by atoms with Crippen molar-refractivity contribution in [2.45, 2.75) is 31.1 Å². The van der Waals surface area contributed by atoms with Crippen molar-refractivity contribution in [1.29, 1.82) is 0 Å². The van der Waals surface area contributed by atoms with Crippen LogP contribution in [-0.4, -0.2) is 5.92 Å². The smallest absolute Gasteiger partial charge is 0.207 e. The lowest BCUT2D eigenvalue weighted by molar-refractivity contribution is -0.111. The fourth-order valence-electron chi connectivity index (χ4n) is 1.90. The van der Waals surface area contributed by atoms with Gasteiger partial charge in [-0.05, 0) is 40.4 Å². The van der Waals surface area contributed by atoms with Gasteiger partial charge in [0.25, 0.3) is 0 Å². The fraction of sp³-hybridized carbons (Fsp3) is 0.600. The fourth-order valence-corrected chi connectivity index (χ4v) is 4.13. The van der Waals surface area contributed by atoms with Crippen molar-refractivity contribution in [3.8, 4) is 0 Å². The number of halogens is 4. The number of hydrogen-bond donors (Lipinski definition) is 0. The van der Waals surface area contributed by atoms with Gasteiger partial charge in [0, 0.05) is 17.7 Å². The summed E-state index contributed by atoms with van der Waals surface area (Å²) in [7, 11) is 0. The van der Waals surface area contributed by atoms with Crippen LogP contribution in [0.15, 0.2) is 9.85 Å². The van der Waals surface area contributed by atoms with Crippen molar-refractivity contribution in [3.63, 3.8) is 0 Å². The van der Waals surface area contributed by atoms with Gasteiger partial charge in [0.15, 0.2) is 0 Å². The Balaban J connectivity index is 2.09. The third-order valence-corrected chi connectivity index (χ3v) is 4.92. The Kier molecular flexibility index (Phi) is 3.12. The summed E-state index contributed by atoms with van der Waals surface area (Å²) in [5, 5.41) is -0.271. The number of aryl methyl sites for hydroxylation is 1. The third kappa shape index (κ3) is 2.37. The summed E-state index contributed by atoms with van der Waals surface area (Å²) in [6, 6.07) is 1.94. The maximum Gasteiger partial charge on any atom is 0.248 e. The van der Waals surface area contributed by atoms with E-state index >= 15 is 0 Å². The van der Waals surface area contributed by atoms with Crippen LogP contribution in [0.1, 0.15) is 28.7 Å². The van der Waals surface area contributed by atoms with E-state index in [-0.39, 0.29) is 24.1 Å². The SMILES string of the molecule is Cc1sc(Br)cc1C(Cl)C1CC(F)(F)C1. The van der Waals surface area contributed by atoms with E-state index in [1.54, 1.807) is 11.3 Å². The summed E-state index contributed by atoms with van der Waals surface area (Å²) in [4.78, 5) is 1.11. The molecule has 1 aromatic heterocycles. The molecule has 1 aromatic rings. The molecule has 0 nitrogen and oxygen atoms in total. The van der Waals surface area contributed by atoms with E-state index in [0.29, 0.717) is 0 Å². The lowest BCUT2D eigenvalue weighted by atomic mass is 9.77. The molecule has 15 heavy (non-hydrogen) atoms. The summed E-state index contributed by atoms with van der Waals surface area (Å²) >= 11 is 11.2. The highest BCUT2D eigenvalue weighted by molar-refractivity contribution is 9.11. The highest BCUT2D eigenvalue weighted by Gasteiger charge is 2.48. The first-order valence-electron chi connectivity index (χ1n) is 4.67. The first-order chi connectivity index (χ1) is 6.89. The second kappa shape index (κ2) is 3.97. The molecule has 0 bridgehead atoms. The normalized spacial score (nSPS) is 22.5. The van der Waals surface area contributed by atoms with Crippen LogP contribution in [0.2, 0.25) is 0 Å². The van der Waals surface area contributed by atoms with Crippen LogP contribution in [0, 0.1) is 12.8 Å². The van der Waals surface area contributed by atoms with Gasteiger partial charge in [0.1, 0.15) is 0 Å². The Morgan fingerprint density at radius 3 is 2.60 bits per heavy atom. The van der Waals surface area contributed by atoms with E-state index in [0.717, 1.165) is 14.2 Å². The maximum absolute atomic E-state index is 12.7. The zero-order chi connectivity index (χ0) is 11.2. The summed E-state index contributed by atoms with van der Waals surface area (Å²) in [5.74, 6) is -2.57. The van der Waals surface area contributed by atoms with E-state index in [1.165, 1.54) is 0 Å². The Hall–Kier alpha value is 0.330. The topological polar surface area (TPSA) is 0 Å². The van der Waals surface area contributed by atoms with Gasteiger partial charge in [-0.25, -0.2) is 8.78 Å². The minimum absolute atomic E-state index is 0.0753. The Morgan fingerprint density at radius 1 is 1.60 bits per heavy atom. The van der Waals surface area contributed by atoms with Crippen LogP contribution < -0.4 is 0 Å². The van der Waals surface area contributed by atoms with Crippen molar-refractivity contribution in [3.05, 3.63) is 20.3 Å². The van der Waals surface area contributed by atoms with E-state index in [9.17, 15) is 8.78 Å². The van der Waals surface area contributed by atoms with Gasteiger partial charge < -0.3 is 0 Å². The molecule has 1 atom stereocenters. The second-order valence-corrected chi connectivity index (χ2v) is 7.09. The molecule has 1 fully saturated rings. The molecule has 1 unspecified atom stereocenters. The average molecular weight is 316 g/mol. The predicted molar refractivity (Wildman–Crippen MR) is 63.0 cm³/mol. The first-order valence-corrected chi connectivity index (χ1v) is 6.71. The monoisotopic (exact) mass is 314 g/mol.